The van der Waals surface area contributed by atoms with Crippen LogP contribution in [0.4, 0.5) is 0 Å². The Morgan fingerprint density at radius 1 is 0.241 bits per heavy atom. The van der Waals surface area contributed by atoms with Crippen molar-refractivity contribution in [3.05, 3.63) is 237 Å². The van der Waals surface area contributed by atoms with E-state index < -0.39 is 8.60 Å². The van der Waals surface area contributed by atoms with Gasteiger partial charge in [-0.1, -0.05) is 218 Å². The van der Waals surface area contributed by atoms with Gasteiger partial charge in [-0.15, -0.1) is 0 Å². The van der Waals surface area contributed by atoms with Gasteiger partial charge in [0.2, 0.25) is 0 Å². The minimum Gasteiger partial charge on any atom is -0.408 e. The van der Waals surface area contributed by atoms with E-state index in [1.807, 2.05) is 84.9 Å². The fourth-order valence-electron chi connectivity index (χ4n) is 7.32. The normalized spacial score (nSPS) is 10.9. The summed E-state index contributed by atoms with van der Waals surface area (Å²) in [5, 5.41) is 0. The lowest BCUT2D eigenvalue weighted by molar-refractivity contribution is 0.390. The van der Waals surface area contributed by atoms with Crippen molar-refractivity contribution in [2.45, 2.75) is 0 Å². The number of hydrogen-bond donors (Lipinski definition) is 0. The smallest absolute Gasteiger partial charge is 0.408 e. The van der Waals surface area contributed by atoms with Crippen LogP contribution in [-0.4, -0.2) is 0 Å². The zero-order chi connectivity index (χ0) is 38.9. The second kappa shape index (κ2) is 17.3. The summed E-state index contributed by atoms with van der Waals surface area (Å²) in [6.07, 6.45) is 0. The first-order chi connectivity index (χ1) is 28.8. The summed E-state index contributed by atoms with van der Waals surface area (Å²) in [4.78, 5) is 0. The lowest BCUT2D eigenvalue weighted by Gasteiger charge is -2.26. The maximum Gasteiger partial charge on any atom is 0.530 e. The molecule has 0 fully saturated rings. The molecule has 58 heavy (non-hydrogen) atoms. The topological polar surface area (TPSA) is 27.7 Å². The fraction of sp³-hybridized carbons (Fsp3) is 0. The van der Waals surface area contributed by atoms with Gasteiger partial charge in [-0.2, -0.15) is 0 Å². The van der Waals surface area contributed by atoms with Gasteiger partial charge in [-0.05, 0) is 57.1 Å². The second-order valence-corrected chi connectivity index (χ2v) is 14.7. The van der Waals surface area contributed by atoms with E-state index in [2.05, 4.69) is 152 Å². The SMILES string of the molecule is c1ccc(-c2ccccc2OP(Oc2ccccc2-c2ccccc2)Oc2c(-c3ccccc3)cc(-c3ccccc3)c(-c3ccccc3)c2-c2ccccc2)cc1. The minimum absolute atomic E-state index is 0.656. The van der Waals surface area contributed by atoms with Crippen LogP contribution >= 0.6 is 8.60 Å². The van der Waals surface area contributed by atoms with Crippen LogP contribution in [0, 0.1) is 0 Å². The van der Waals surface area contributed by atoms with Crippen LogP contribution in [0.5, 0.6) is 17.2 Å². The zero-order valence-corrected chi connectivity index (χ0v) is 32.6. The Morgan fingerprint density at radius 2 is 0.552 bits per heavy atom. The number of rotatable bonds is 12. The third kappa shape index (κ3) is 7.90. The highest BCUT2D eigenvalue weighted by Crippen LogP contribution is 2.55. The van der Waals surface area contributed by atoms with E-state index in [-0.39, 0.29) is 0 Å². The summed E-state index contributed by atoms with van der Waals surface area (Å²) >= 11 is 0. The summed E-state index contributed by atoms with van der Waals surface area (Å²) in [6, 6.07) is 81.0. The Hall–Kier alpha value is -7.19. The van der Waals surface area contributed by atoms with Crippen LogP contribution in [0.25, 0.3) is 66.8 Å². The lowest BCUT2D eigenvalue weighted by atomic mass is 9.84. The molecule has 0 aliphatic heterocycles. The highest BCUT2D eigenvalue weighted by molar-refractivity contribution is 7.43. The van der Waals surface area contributed by atoms with Gasteiger partial charge >= 0.3 is 8.60 Å². The van der Waals surface area contributed by atoms with Crippen LogP contribution in [0.3, 0.4) is 0 Å². The second-order valence-electron chi connectivity index (χ2n) is 13.7. The van der Waals surface area contributed by atoms with E-state index in [0.717, 1.165) is 66.8 Å². The van der Waals surface area contributed by atoms with E-state index >= 15 is 0 Å². The molecule has 0 radical (unpaired) electrons. The largest absolute Gasteiger partial charge is 0.530 e. The fourth-order valence-corrected chi connectivity index (χ4v) is 8.41. The first-order valence-corrected chi connectivity index (χ1v) is 20.5. The van der Waals surface area contributed by atoms with Crippen molar-refractivity contribution in [1.82, 2.24) is 0 Å². The van der Waals surface area contributed by atoms with Crippen LogP contribution in [0.15, 0.2) is 237 Å². The Labute approximate surface area is 341 Å². The molecule has 9 aromatic carbocycles. The molecule has 9 rings (SSSR count). The molecule has 9 aromatic rings. The molecular formula is C54H39O3P. The van der Waals surface area contributed by atoms with E-state index in [0.29, 0.717) is 17.2 Å². The molecular weight excluding hydrogens is 728 g/mol. The molecule has 0 aliphatic carbocycles. The van der Waals surface area contributed by atoms with Crippen LogP contribution in [-0.2, 0) is 0 Å². The number of benzene rings is 9. The van der Waals surface area contributed by atoms with E-state index in [1.54, 1.807) is 0 Å². The lowest BCUT2D eigenvalue weighted by Crippen LogP contribution is -2.06. The maximum absolute atomic E-state index is 7.45. The van der Waals surface area contributed by atoms with Gasteiger partial charge in [-0.25, -0.2) is 0 Å². The van der Waals surface area contributed by atoms with Crippen LogP contribution in [0.1, 0.15) is 0 Å². The third-order valence-electron chi connectivity index (χ3n) is 10.0. The molecule has 0 saturated carbocycles. The van der Waals surface area contributed by atoms with Gasteiger partial charge in [0, 0.05) is 27.8 Å². The van der Waals surface area contributed by atoms with Gasteiger partial charge in [0.15, 0.2) is 0 Å². The van der Waals surface area contributed by atoms with Crippen molar-refractivity contribution in [3.63, 3.8) is 0 Å². The van der Waals surface area contributed by atoms with Gasteiger partial charge in [0.1, 0.15) is 17.2 Å². The summed E-state index contributed by atoms with van der Waals surface area (Å²) in [7, 11) is -2.16. The molecule has 0 spiro atoms. The zero-order valence-electron chi connectivity index (χ0n) is 31.7. The molecule has 0 N–H and O–H groups in total. The van der Waals surface area contributed by atoms with E-state index in [9.17, 15) is 0 Å². The molecule has 0 heterocycles. The van der Waals surface area contributed by atoms with Crippen molar-refractivity contribution in [1.29, 1.82) is 0 Å². The molecule has 0 amide bonds. The van der Waals surface area contributed by atoms with Gasteiger partial charge in [0.05, 0.1) is 0 Å². The Balaban J connectivity index is 1.31. The molecule has 0 unspecified atom stereocenters. The van der Waals surface area contributed by atoms with Crippen LogP contribution < -0.4 is 13.6 Å². The summed E-state index contributed by atoms with van der Waals surface area (Å²) in [5.41, 5.74) is 12.1. The Bertz CT molecular complexity index is 2640. The van der Waals surface area contributed by atoms with Crippen molar-refractivity contribution < 1.29 is 13.6 Å². The average molecular weight is 767 g/mol. The van der Waals surface area contributed by atoms with Gasteiger partial charge < -0.3 is 13.6 Å². The van der Waals surface area contributed by atoms with E-state index in [1.165, 1.54) is 0 Å². The van der Waals surface area contributed by atoms with Crippen molar-refractivity contribution >= 4 is 8.60 Å². The third-order valence-corrected chi connectivity index (χ3v) is 11.1. The van der Waals surface area contributed by atoms with Gasteiger partial charge in [0.25, 0.3) is 0 Å². The van der Waals surface area contributed by atoms with Crippen LogP contribution in [0.2, 0.25) is 0 Å². The van der Waals surface area contributed by atoms with E-state index in [4.69, 9.17) is 13.6 Å². The Kier molecular flexibility index (Phi) is 10.9. The van der Waals surface area contributed by atoms with Crippen molar-refractivity contribution in [2.24, 2.45) is 0 Å². The number of hydrogen-bond acceptors (Lipinski definition) is 3. The highest BCUT2D eigenvalue weighted by atomic mass is 31.2. The molecule has 3 nitrogen and oxygen atoms in total. The average Bonchev–Trinajstić information content (AvgIpc) is 3.31. The molecule has 278 valence electrons. The van der Waals surface area contributed by atoms with Crippen molar-refractivity contribution in [3.8, 4) is 84.0 Å². The first-order valence-electron chi connectivity index (χ1n) is 19.4. The standard InChI is InChI=1S/C54H39O3P/c1-7-23-40(24-8-1)46-35-19-21-37-50(46)55-58(56-51-38-22-20-36-47(51)41-25-9-2-10-26-41)57-54-49(43-29-13-4-14-30-43)39-48(42-27-11-3-12-28-42)52(44-31-15-5-16-32-44)53(54)45-33-17-6-18-34-45/h1-39H. The summed E-state index contributed by atoms with van der Waals surface area (Å²) < 4.78 is 21.6. The number of para-hydroxylation sites is 2. The predicted octanol–water partition coefficient (Wildman–Crippen LogP) is 15.5. The predicted molar refractivity (Wildman–Crippen MR) is 241 cm³/mol. The maximum atomic E-state index is 7.45. The quantitative estimate of drug-likeness (QED) is 0.116. The molecule has 0 aromatic heterocycles. The summed E-state index contributed by atoms with van der Waals surface area (Å²) in [6.45, 7) is 0. The Morgan fingerprint density at radius 3 is 0.966 bits per heavy atom. The molecule has 0 saturated heterocycles. The van der Waals surface area contributed by atoms with Crippen molar-refractivity contribution in [2.75, 3.05) is 0 Å². The molecule has 0 aliphatic rings. The molecule has 4 heteroatoms. The highest BCUT2D eigenvalue weighted by Gasteiger charge is 2.30. The molecule has 0 bridgehead atoms. The van der Waals surface area contributed by atoms with Gasteiger partial charge in [-0.3, -0.25) is 0 Å². The minimum atomic E-state index is -2.16. The monoisotopic (exact) mass is 766 g/mol. The summed E-state index contributed by atoms with van der Waals surface area (Å²) in [5.74, 6) is 1.98. The molecule has 0 atom stereocenters. The first kappa shape index (κ1) is 36.4.